The molecular weight excluding hydrogens is 408 g/mol. The molecule has 3 N–H and O–H groups in total. The SMILES string of the molecule is C[C@@H](CCC(=O)O)C1CCC2C3CCC4C[C@@H](NC5CCNCC5)CC[C@]4(C)C3CC[C@@]21C. The van der Waals surface area contributed by atoms with Crippen molar-refractivity contribution >= 4 is 5.97 Å². The number of hydrogen-bond acceptors (Lipinski definition) is 3. The lowest BCUT2D eigenvalue weighted by Crippen LogP contribution is -2.56. The van der Waals surface area contributed by atoms with Gasteiger partial charge in [0.1, 0.15) is 0 Å². The van der Waals surface area contributed by atoms with Crippen molar-refractivity contribution in [3.8, 4) is 0 Å². The molecule has 5 aliphatic rings. The maximum absolute atomic E-state index is 11.2. The van der Waals surface area contributed by atoms with E-state index in [-0.39, 0.29) is 0 Å². The Morgan fingerprint density at radius 2 is 1.67 bits per heavy atom. The number of carboxylic acids is 1. The highest BCUT2D eigenvalue weighted by atomic mass is 16.4. The van der Waals surface area contributed by atoms with Crippen LogP contribution in [0.1, 0.15) is 104 Å². The standard InChI is InChI=1S/C29H50N2O2/c1-19(4-9-27(32)33)24-7-8-25-23-6-5-20-18-22(31-21-12-16-30-17-13-21)10-14-28(20,2)26(23)11-15-29(24,25)3/h19-26,30-31H,4-18H2,1-3H3,(H,32,33)/t19-,20?,22-,23?,24?,25?,26?,28-,29+/m0/s1. The zero-order valence-electron chi connectivity index (χ0n) is 21.6. The largest absolute Gasteiger partial charge is 0.481 e. The minimum absolute atomic E-state index is 0.344. The first kappa shape index (κ1) is 24.1. The van der Waals surface area contributed by atoms with Gasteiger partial charge in [0.2, 0.25) is 0 Å². The highest BCUT2D eigenvalue weighted by Gasteiger charge is 2.60. The average molecular weight is 459 g/mol. The van der Waals surface area contributed by atoms with Gasteiger partial charge in [0, 0.05) is 18.5 Å². The molecular formula is C29H50N2O2. The predicted molar refractivity (Wildman–Crippen MR) is 134 cm³/mol. The normalized spacial score (nSPS) is 46.8. The van der Waals surface area contributed by atoms with Crippen LogP contribution in [-0.4, -0.2) is 36.2 Å². The quantitative estimate of drug-likeness (QED) is 0.467. The summed E-state index contributed by atoms with van der Waals surface area (Å²) < 4.78 is 0. The molecule has 9 atom stereocenters. The van der Waals surface area contributed by atoms with Crippen molar-refractivity contribution < 1.29 is 9.90 Å². The van der Waals surface area contributed by atoms with E-state index in [1.165, 1.54) is 83.7 Å². The van der Waals surface area contributed by atoms with Crippen LogP contribution in [0.2, 0.25) is 0 Å². The topological polar surface area (TPSA) is 61.4 Å². The molecule has 0 spiro atoms. The molecule has 1 heterocycles. The Balaban J connectivity index is 1.24. The lowest BCUT2D eigenvalue weighted by Gasteiger charge is -2.61. The molecule has 0 aromatic heterocycles. The number of aliphatic carboxylic acids is 1. The van der Waals surface area contributed by atoms with Crippen LogP contribution in [-0.2, 0) is 4.79 Å². The summed E-state index contributed by atoms with van der Waals surface area (Å²) in [5.41, 5.74) is 1.01. The Morgan fingerprint density at radius 3 is 2.42 bits per heavy atom. The summed E-state index contributed by atoms with van der Waals surface area (Å²) in [6, 6.07) is 1.49. The number of carbonyl (C=O) groups is 1. The van der Waals surface area contributed by atoms with Gasteiger partial charge in [0.25, 0.3) is 0 Å². The lowest BCUT2D eigenvalue weighted by molar-refractivity contribution is -0.137. The fourth-order valence-electron chi connectivity index (χ4n) is 10.3. The number of hydrogen-bond donors (Lipinski definition) is 3. The highest BCUT2D eigenvalue weighted by molar-refractivity contribution is 5.66. The van der Waals surface area contributed by atoms with Crippen molar-refractivity contribution in [3.63, 3.8) is 0 Å². The zero-order valence-corrected chi connectivity index (χ0v) is 21.6. The second kappa shape index (κ2) is 9.45. The molecule has 0 aromatic carbocycles. The lowest BCUT2D eigenvalue weighted by atomic mass is 9.44. The molecule has 188 valence electrons. The number of piperidine rings is 1. The maximum Gasteiger partial charge on any atom is 0.303 e. The minimum atomic E-state index is -0.623. The zero-order chi connectivity index (χ0) is 23.2. The van der Waals surface area contributed by atoms with E-state index in [0.29, 0.717) is 23.2 Å². The third kappa shape index (κ3) is 4.41. The minimum Gasteiger partial charge on any atom is -0.481 e. The Hall–Kier alpha value is -0.610. The Labute approximate surface area is 202 Å². The van der Waals surface area contributed by atoms with E-state index >= 15 is 0 Å². The van der Waals surface area contributed by atoms with Crippen molar-refractivity contribution in [2.24, 2.45) is 46.3 Å². The highest BCUT2D eigenvalue weighted by Crippen LogP contribution is 2.68. The van der Waals surface area contributed by atoms with Crippen molar-refractivity contribution in [2.45, 2.75) is 116 Å². The molecule has 4 nitrogen and oxygen atoms in total. The van der Waals surface area contributed by atoms with E-state index in [4.69, 9.17) is 0 Å². The fraction of sp³-hybridized carbons (Fsp3) is 0.966. The third-order valence-corrected chi connectivity index (χ3v) is 12.1. The van der Waals surface area contributed by atoms with Gasteiger partial charge < -0.3 is 15.7 Å². The molecule has 0 aromatic rings. The number of nitrogens with one attached hydrogen (secondary N) is 2. The van der Waals surface area contributed by atoms with E-state index < -0.39 is 5.97 Å². The molecule has 5 fully saturated rings. The van der Waals surface area contributed by atoms with Gasteiger partial charge in [-0.05, 0) is 136 Å². The summed E-state index contributed by atoms with van der Waals surface area (Å²) in [6.45, 7) is 10.0. The van der Waals surface area contributed by atoms with Gasteiger partial charge in [-0.2, -0.15) is 0 Å². The van der Waals surface area contributed by atoms with Crippen LogP contribution in [0.3, 0.4) is 0 Å². The number of rotatable bonds is 6. The molecule has 4 heteroatoms. The third-order valence-electron chi connectivity index (χ3n) is 12.1. The van der Waals surface area contributed by atoms with Crippen LogP contribution in [0.25, 0.3) is 0 Å². The maximum atomic E-state index is 11.2. The Morgan fingerprint density at radius 1 is 0.939 bits per heavy atom. The van der Waals surface area contributed by atoms with Gasteiger partial charge >= 0.3 is 5.97 Å². The summed E-state index contributed by atoms with van der Waals surface area (Å²) in [7, 11) is 0. The van der Waals surface area contributed by atoms with Gasteiger partial charge in [0.15, 0.2) is 0 Å². The summed E-state index contributed by atoms with van der Waals surface area (Å²) in [4.78, 5) is 11.2. The van der Waals surface area contributed by atoms with Gasteiger partial charge in [-0.25, -0.2) is 0 Å². The van der Waals surface area contributed by atoms with Gasteiger partial charge in [-0.1, -0.05) is 20.8 Å². The van der Waals surface area contributed by atoms with Gasteiger partial charge in [0.05, 0.1) is 0 Å². The summed E-state index contributed by atoms with van der Waals surface area (Å²) in [5, 5.41) is 16.8. The second-order valence-electron chi connectivity index (χ2n) is 13.5. The van der Waals surface area contributed by atoms with Crippen LogP contribution in [0.5, 0.6) is 0 Å². The monoisotopic (exact) mass is 458 g/mol. The van der Waals surface area contributed by atoms with Crippen molar-refractivity contribution in [3.05, 3.63) is 0 Å². The van der Waals surface area contributed by atoms with Gasteiger partial charge in [-0.15, -0.1) is 0 Å². The Bertz CT molecular complexity index is 706. The number of fused-ring (bicyclic) bond motifs is 5. The first-order chi connectivity index (χ1) is 15.8. The van der Waals surface area contributed by atoms with Crippen LogP contribution in [0, 0.1) is 46.3 Å². The van der Waals surface area contributed by atoms with E-state index in [9.17, 15) is 9.90 Å². The molecule has 5 rings (SSSR count). The molecule has 0 amide bonds. The first-order valence-electron chi connectivity index (χ1n) is 14.5. The Kier molecular flexibility index (Phi) is 6.90. The van der Waals surface area contributed by atoms with Crippen molar-refractivity contribution in [1.82, 2.24) is 10.6 Å². The van der Waals surface area contributed by atoms with E-state index in [1.54, 1.807) is 0 Å². The smallest absolute Gasteiger partial charge is 0.303 e. The first-order valence-corrected chi connectivity index (χ1v) is 14.5. The summed E-state index contributed by atoms with van der Waals surface area (Å²) >= 11 is 0. The molecule has 1 aliphatic heterocycles. The predicted octanol–water partition coefficient (Wildman–Crippen LogP) is 5.86. The van der Waals surface area contributed by atoms with Crippen LogP contribution >= 0.6 is 0 Å². The van der Waals surface area contributed by atoms with Crippen LogP contribution < -0.4 is 10.6 Å². The van der Waals surface area contributed by atoms with E-state index in [0.717, 1.165) is 48.1 Å². The van der Waals surface area contributed by atoms with Crippen LogP contribution in [0.15, 0.2) is 0 Å². The van der Waals surface area contributed by atoms with Crippen molar-refractivity contribution in [2.75, 3.05) is 13.1 Å². The van der Waals surface area contributed by atoms with Gasteiger partial charge in [-0.3, -0.25) is 4.79 Å². The average Bonchev–Trinajstić information content (AvgIpc) is 3.16. The molecule has 0 bridgehead atoms. The summed E-state index contributed by atoms with van der Waals surface area (Å²) in [6.07, 6.45) is 16.5. The van der Waals surface area contributed by atoms with Crippen LogP contribution in [0.4, 0.5) is 0 Å². The van der Waals surface area contributed by atoms with E-state index in [1.807, 2.05) is 0 Å². The van der Waals surface area contributed by atoms with Crippen molar-refractivity contribution in [1.29, 1.82) is 0 Å². The summed E-state index contributed by atoms with van der Waals surface area (Å²) in [5.74, 6) is 4.33. The van der Waals surface area contributed by atoms with E-state index in [2.05, 4.69) is 31.4 Å². The second-order valence-corrected chi connectivity index (χ2v) is 13.5. The molecule has 5 unspecified atom stereocenters. The molecule has 33 heavy (non-hydrogen) atoms. The molecule has 1 saturated heterocycles. The molecule has 4 aliphatic carbocycles. The molecule has 0 radical (unpaired) electrons. The fourth-order valence-corrected chi connectivity index (χ4v) is 10.3. The molecule has 4 saturated carbocycles. The number of carboxylic acid groups (broad SMARTS) is 1.